The lowest BCUT2D eigenvalue weighted by Gasteiger charge is -2.32. The van der Waals surface area contributed by atoms with Gasteiger partial charge in [0.2, 0.25) is 5.91 Å². The first kappa shape index (κ1) is 16.3. The van der Waals surface area contributed by atoms with Crippen molar-refractivity contribution in [3.8, 4) is 0 Å². The van der Waals surface area contributed by atoms with Crippen LogP contribution in [0.15, 0.2) is 16.5 Å². The van der Waals surface area contributed by atoms with Crippen molar-refractivity contribution in [1.29, 1.82) is 0 Å². The quantitative estimate of drug-likeness (QED) is 0.766. The van der Waals surface area contributed by atoms with E-state index in [1.54, 1.807) is 16.3 Å². The van der Waals surface area contributed by atoms with Gasteiger partial charge in [-0.25, -0.2) is 5.01 Å². The van der Waals surface area contributed by atoms with Gasteiger partial charge in [0.05, 0.1) is 10.6 Å². The molecule has 0 radical (unpaired) electrons. The molecule has 4 rings (SSSR count). The number of hydrogen-bond donors (Lipinski definition) is 0. The summed E-state index contributed by atoms with van der Waals surface area (Å²) in [7, 11) is 0. The Kier molecular flexibility index (Phi) is 4.99. The topological polar surface area (TPSA) is 35.9 Å². The summed E-state index contributed by atoms with van der Waals surface area (Å²) in [4.78, 5) is 16.3. The van der Waals surface area contributed by atoms with Crippen molar-refractivity contribution in [3.05, 3.63) is 21.9 Å². The van der Waals surface area contributed by atoms with Gasteiger partial charge in [-0.2, -0.15) is 5.10 Å². The first-order valence-corrected chi connectivity index (χ1v) is 10.4. The highest BCUT2D eigenvalue weighted by Crippen LogP contribution is 2.34. The number of hydrazone groups is 1. The lowest BCUT2D eigenvalue weighted by Crippen LogP contribution is -2.39. The summed E-state index contributed by atoms with van der Waals surface area (Å²) in [6, 6.07) is 2.22. The number of hydrogen-bond acceptors (Lipinski definition) is 4. The molecular formula is C19H27N3OS. The van der Waals surface area contributed by atoms with Crippen molar-refractivity contribution in [3.63, 3.8) is 0 Å². The molecule has 2 aliphatic heterocycles. The number of nitrogens with zero attached hydrogens (tertiary/aromatic N) is 3. The van der Waals surface area contributed by atoms with E-state index < -0.39 is 0 Å². The molecule has 24 heavy (non-hydrogen) atoms. The van der Waals surface area contributed by atoms with E-state index in [1.807, 2.05) is 0 Å². The molecule has 0 spiro atoms. The Bertz CT molecular complexity index is 618. The number of aryl methyl sites for hydroxylation is 1. The molecule has 1 fully saturated rings. The van der Waals surface area contributed by atoms with Crippen LogP contribution >= 0.6 is 11.3 Å². The lowest BCUT2D eigenvalue weighted by molar-refractivity contribution is -0.132. The number of amides is 1. The van der Waals surface area contributed by atoms with Crippen molar-refractivity contribution < 1.29 is 4.79 Å². The highest BCUT2D eigenvalue weighted by Gasteiger charge is 2.34. The normalized spacial score (nSPS) is 24.5. The van der Waals surface area contributed by atoms with Crippen LogP contribution in [-0.4, -0.2) is 47.7 Å². The predicted molar refractivity (Wildman–Crippen MR) is 98.5 cm³/mol. The molecule has 5 heteroatoms. The fraction of sp³-hybridized carbons (Fsp3) is 0.684. The SMILES string of the molecule is O=C1CC2CCc3ccsc3C2=NN1CCCCN1CCCCC1. The second-order valence-corrected chi connectivity index (χ2v) is 8.24. The standard InChI is InChI=1S/C19H27N3OS/c23-17-14-16-7-6-15-8-13-24-19(15)18(16)20-22(17)12-5-4-11-21-9-2-1-3-10-21/h8,13,16H,1-7,9-12,14H2. The van der Waals surface area contributed by atoms with Crippen molar-refractivity contribution in [2.24, 2.45) is 11.0 Å². The summed E-state index contributed by atoms with van der Waals surface area (Å²) in [6.45, 7) is 4.47. The second kappa shape index (κ2) is 7.36. The molecule has 0 bridgehead atoms. The van der Waals surface area contributed by atoms with Gasteiger partial charge >= 0.3 is 0 Å². The monoisotopic (exact) mass is 345 g/mol. The van der Waals surface area contributed by atoms with E-state index in [0.29, 0.717) is 12.3 Å². The van der Waals surface area contributed by atoms with Crippen LogP contribution in [0.25, 0.3) is 0 Å². The Morgan fingerprint density at radius 3 is 2.88 bits per heavy atom. The molecule has 3 aliphatic rings. The molecule has 130 valence electrons. The maximum atomic E-state index is 12.4. The van der Waals surface area contributed by atoms with Crippen LogP contribution in [0.5, 0.6) is 0 Å². The molecule has 1 aliphatic carbocycles. The van der Waals surface area contributed by atoms with E-state index in [0.717, 1.165) is 25.8 Å². The number of carbonyl (C=O) groups is 1. The summed E-state index contributed by atoms with van der Waals surface area (Å²) in [5, 5.41) is 8.70. The van der Waals surface area contributed by atoms with E-state index >= 15 is 0 Å². The summed E-state index contributed by atoms with van der Waals surface area (Å²) in [5.74, 6) is 0.579. The average Bonchev–Trinajstić information content (AvgIpc) is 3.09. The Morgan fingerprint density at radius 2 is 2.00 bits per heavy atom. The zero-order valence-corrected chi connectivity index (χ0v) is 15.2. The van der Waals surface area contributed by atoms with E-state index in [2.05, 4.69) is 16.3 Å². The minimum Gasteiger partial charge on any atom is -0.303 e. The van der Waals surface area contributed by atoms with E-state index in [-0.39, 0.29) is 5.91 Å². The van der Waals surface area contributed by atoms with Crippen molar-refractivity contribution in [2.75, 3.05) is 26.2 Å². The maximum Gasteiger partial charge on any atom is 0.243 e. The number of carbonyl (C=O) groups excluding carboxylic acids is 1. The highest BCUT2D eigenvalue weighted by molar-refractivity contribution is 7.12. The van der Waals surface area contributed by atoms with Gasteiger partial charge in [0, 0.05) is 18.9 Å². The predicted octanol–water partition coefficient (Wildman–Crippen LogP) is 3.51. The Balaban J connectivity index is 1.34. The number of rotatable bonds is 5. The molecule has 3 heterocycles. The van der Waals surface area contributed by atoms with Gasteiger partial charge in [-0.3, -0.25) is 4.79 Å². The highest BCUT2D eigenvalue weighted by atomic mass is 32.1. The zero-order valence-electron chi connectivity index (χ0n) is 14.4. The fourth-order valence-electron chi connectivity index (χ4n) is 4.19. The van der Waals surface area contributed by atoms with Crippen molar-refractivity contribution >= 4 is 23.0 Å². The third-order valence-corrected chi connectivity index (χ3v) is 6.59. The van der Waals surface area contributed by atoms with Crippen molar-refractivity contribution in [1.82, 2.24) is 9.91 Å². The van der Waals surface area contributed by atoms with Crippen LogP contribution in [0.2, 0.25) is 0 Å². The number of unbranched alkanes of at least 4 members (excludes halogenated alkanes) is 1. The van der Waals surface area contributed by atoms with Gasteiger partial charge in [-0.1, -0.05) is 6.42 Å². The van der Waals surface area contributed by atoms with Gasteiger partial charge < -0.3 is 4.90 Å². The minimum absolute atomic E-state index is 0.224. The van der Waals surface area contributed by atoms with E-state index in [9.17, 15) is 4.79 Å². The molecule has 4 nitrogen and oxygen atoms in total. The summed E-state index contributed by atoms with van der Waals surface area (Å²) in [5.41, 5.74) is 2.61. The van der Waals surface area contributed by atoms with Crippen LogP contribution in [0.1, 0.15) is 55.4 Å². The molecule has 1 aromatic rings. The minimum atomic E-state index is 0.224. The molecule has 1 atom stereocenters. The van der Waals surface area contributed by atoms with Crippen LogP contribution in [0.4, 0.5) is 0 Å². The van der Waals surface area contributed by atoms with Crippen LogP contribution < -0.4 is 0 Å². The van der Waals surface area contributed by atoms with Crippen molar-refractivity contribution in [2.45, 2.75) is 51.4 Å². The molecule has 1 amide bonds. The van der Waals surface area contributed by atoms with Crippen LogP contribution in [0.3, 0.4) is 0 Å². The van der Waals surface area contributed by atoms with Gasteiger partial charge in [-0.15, -0.1) is 11.3 Å². The number of likely N-dealkylation sites (tertiary alicyclic amines) is 1. The first-order chi connectivity index (χ1) is 11.8. The third-order valence-electron chi connectivity index (χ3n) is 5.61. The van der Waals surface area contributed by atoms with Gasteiger partial charge in [0.1, 0.15) is 0 Å². The molecular weight excluding hydrogens is 318 g/mol. The molecule has 1 aromatic heterocycles. The Morgan fingerprint density at radius 1 is 1.17 bits per heavy atom. The summed E-state index contributed by atoms with van der Waals surface area (Å²) < 4.78 is 0. The van der Waals surface area contributed by atoms with Gasteiger partial charge in [-0.05, 0) is 75.2 Å². The molecule has 1 unspecified atom stereocenters. The zero-order chi connectivity index (χ0) is 16.4. The van der Waals surface area contributed by atoms with Gasteiger partial charge in [0.25, 0.3) is 0 Å². The van der Waals surface area contributed by atoms with Crippen LogP contribution in [-0.2, 0) is 11.2 Å². The summed E-state index contributed by atoms with van der Waals surface area (Å²) >= 11 is 1.79. The Hall–Kier alpha value is -1.20. The second-order valence-electron chi connectivity index (χ2n) is 7.33. The summed E-state index contributed by atoms with van der Waals surface area (Å²) in [6.07, 6.45) is 9.15. The number of piperidine rings is 1. The lowest BCUT2D eigenvalue weighted by atomic mass is 9.84. The third kappa shape index (κ3) is 3.42. The molecule has 0 saturated carbocycles. The molecule has 0 N–H and O–H groups in total. The average molecular weight is 346 g/mol. The Labute approximate surface area is 148 Å². The number of fused-ring (bicyclic) bond motifs is 3. The maximum absolute atomic E-state index is 12.4. The smallest absolute Gasteiger partial charge is 0.243 e. The molecule has 0 aromatic carbocycles. The van der Waals surface area contributed by atoms with E-state index in [4.69, 9.17) is 5.10 Å². The number of thiophene rings is 1. The fourth-order valence-corrected chi connectivity index (χ4v) is 5.21. The van der Waals surface area contributed by atoms with Crippen LogP contribution in [0, 0.1) is 5.92 Å². The first-order valence-electron chi connectivity index (χ1n) is 9.49. The van der Waals surface area contributed by atoms with Gasteiger partial charge in [0.15, 0.2) is 0 Å². The molecule has 1 saturated heterocycles. The van der Waals surface area contributed by atoms with E-state index in [1.165, 1.54) is 61.5 Å². The largest absolute Gasteiger partial charge is 0.303 e.